The van der Waals surface area contributed by atoms with Crippen molar-refractivity contribution in [3.63, 3.8) is 0 Å². The van der Waals surface area contributed by atoms with Gasteiger partial charge in [0.05, 0.1) is 4.90 Å². The van der Waals surface area contributed by atoms with Gasteiger partial charge in [-0.25, -0.2) is 4.21 Å². The van der Waals surface area contributed by atoms with Crippen LogP contribution in [0.3, 0.4) is 0 Å². The van der Waals surface area contributed by atoms with Crippen molar-refractivity contribution in [3.8, 4) is 0 Å². The van der Waals surface area contributed by atoms with Gasteiger partial charge in [-0.05, 0) is 36.0 Å². The van der Waals surface area contributed by atoms with E-state index >= 15 is 0 Å². The molecule has 0 fully saturated rings. The van der Waals surface area contributed by atoms with E-state index in [0.717, 1.165) is 30.4 Å². The summed E-state index contributed by atoms with van der Waals surface area (Å²) in [6.07, 6.45) is 2.59. The molecule has 0 aliphatic rings. The maximum atomic E-state index is 11.3. The largest absolute Gasteiger partial charge is 0.302 e. The van der Waals surface area contributed by atoms with Crippen LogP contribution in [0.15, 0.2) is 17.0 Å². The number of rotatable bonds is 4. The molecule has 16 heavy (non-hydrogen) atoms. The molecule has 1 aromatic carbocycles. The summed E-state index contributed by atoms with van der Waals surface area (Å²) in [6, 6.07) is 4.09. The zero-order valence-electron chi connectivity index (χ0n) is 10.5. The van der Waals surface area contributed by atoms with Crippen LogP contribution in [0.25, 0.3) is 0 Å². The Bertz CT molecular complexity index is 352. The first-order valence-corrected chi connectivity index (χ1v) is 6.50. The van der Waals surface area contributed by atoms with Crippen molar-refractivity contribution in [3.05, 3.63) is 28.8 Å². The Hall–Kier alpha value is 0.330. The molecule has 85 valence electrons. The van der Waals surface area contributed by atoms with Gasteiger partial charge in [-0.2, -0.15) is 0 Å². The maximum absolute atomic E-state index is 11.3. The number of aryl methyl sites for hydroxylation is 3. The molecule has 0 saturated heterocycles. The van der Waals surface area contributed by atoms with Gasteiger partial charge in [-0.15, -0.1) is 0 Å². The normalized spacial score (nSPS) is 12.0. The van der Waals surface area contributed by atoms with E-state index in [0.29, 0.717) is 4.90 Å². The number of hydrogen-bond donors (Lipinski definition) is 1. The third kappa shape index (κ3) is 3.67. The molecule has 4 heteroatoms. The van der Waals surface area contributed by atoms with Crippen LogP contribution in [0.5, 0.6) is 0 Å². The molecule has 1 radical (unpaired) electrons. The molecule has 1 unspecified atom stereocenters. The predicted molar refractivity (Wildman–Crippen MR) is 69.4 cm³/mol. The van der Waals surface area contributed by atoms with Gasteiger partial charge in [0.25, 0.3) is 0 Å². The molecule has 1 N–H and O–H groups in total. The van der Waals surface area contributed by atoms with E-state index in [1.54, 1.807) is 0 Å². The average molecular weight is 249 g/mol. The Labute approximate surface area is 122 Å². The standard InChI is InChI=1S/C12H18O2S.Na/c1-4-9-7-10(5-2)12(15(13)14)11(6-3)8-9;/h7-8H,4-6H2,1-3H3,(H,13,14);. The van der Waals surface area contributed by atoms with Gasteiger partial charge in [-0.3, -0.25) is 0 Å². The maximum Gasteiger partial charge on any atom is 0.187 e. The Balaban J connectivity index is 0.00000225. The summed E-state index contributed by atoms with van der Waals surface area (Å²) >= 11 is -1.86. The van der Waals surface area contributed by atoms with Gasteiger partial charge in [0, 0.05) is 29.6 Å². The molecule has 0 aromatic heterocycles. The minimum atomic E-state index is -1.86. The molecule has 0 heterocycles. The molecule has 1 atom stereocenters. The first-order valence-electron chi connectivity index (χ1n) is 5.39. The first-order chi connectivity index (χ1) is 7.13. The summed E-state index contributed by atoms with van der Waals surface area (Å²) in [6.45, 7) is 6.14. The van der Waals surface area contributed by atoms with Crippen molar-refractivity contribution in [1.29, 1.82) is 0 Å². The Morgan fingerprint density at radius 1 is 1.06 bits per heavy atom. The van der Waals surface area contributed by atoms with Gasteiger partial charge in [-0.1, -0.05) is 32.9 Å². The monoisotopic (exact) mass is 249 g/mol. The van der Waals surface area contributed by atoms with Gasteiger partial charge in [0.2, 0.25) is 0 Å². The third-order valence-electron chi connectivity index (χ3n) is 2.65. The molecule has 0 saturated carbocycles. The van der Waals surface area contributed by atoms with Gasteiger partial charge in [0.15, 0.2) is 11.1 Å². The molecule has 1 aromatic rings. The average Bonchev–Trinajstić information content (AvgIpc) is 2.26. The van der Waals surface area contributed by atoms with Crippen LogP contribution in [-0.2, 0) is 30.3 Å². The molecule has 0 bridgehead atoms. The second-order valence-electron chi connectivity index (χ2n) is 3.55. The smallest absolute Gasteiger partial charge is 0.187 e. The summed E-state index contributed by atoms with van der Waals surface area (Å²) in [5, 5.41) is 0. The Morgan fingerprint density at radius 3 is 1.75 bits per heavy atom. The molecule has 0 aliphatic heterocycles. The quantitative estimate of drug-likeness (QED) is 0.658. The number of benzene rings is 1. The predicted octanol–water partition coefficient (Wildman–Crippen LogP) is 2.57. The van der Waals surface area contributed by atoms with E-state index in [9.17, 15) is 8.76 Å². The summed E-state index contributed by atoms with van der Waals surface area (Å²) < 4.78 is 20.6. The molecular formula is C12H18NaO2S. The van der Waals surface area contributed by atoms with E-state index < -0.39 is 11.1 Å². The topological polar surface area (TPSA) is 37.3 Å². The van der Waals surface area contributed by atoms with E-state index in [1.165, 1.54) is 5.56 Å². The zero-order valence-corrected chi connectivity index (χ0v) is 13.4. The molecule has 0 amide bonds. The first kappa shape index (κ1) is 16.3. The summed E-state index contributed by atoms with van der Waals surface area (Å²) in [7, 11) is 0. The summed E-state index contributed by atoms with van der Waals surface area (Å²) in [5.74, 6) is 0. The van der Waals surface area contributed by atoms with Crippen LogP contribution in [-0.4, -0.2) is 38.3 Å². The fourth-order valence-electron chi connectivity index (χ4n) is 1.78. The Morgan fingerprint density at radius 2 is 1.50 bits per heavy atom. The van der Waals surface area contributed by atoms with E-state index in [1.807, 2.05) is 26.0 Å². The van der Waals surface area contributed by atoms with Crippen molar-refractivity contribution in [2.24, 2.45) is 0 Å². The summed E-state index contributed by atoms with van der Waals surface area (Å²) in [5.41, 5.74) is 3.26. The van der Waals surface area contributed by atoms with Crippen molar-refractivity contribution in [2.45, 2.75) is 44.9 Å². The van der Waals surface area contributed by atoms with E-state index in [2.05, 4.69) is 6.92 Å². The van der Waals surface area contributed by atoms with E-state index in [4.69, 9.17) is 0 Å². The van der Waals surface area contributed by atoms with Crippen LogP contribution < -0.4 is 0 Å². The second-order valence-corrected chi connectivity index (χ2v) is 4.46. The Kier molecular flexibility index (Phi) is 7.77. The minimum absolute atomic E-state index is 0. The van der Waals surface area contributed by atoms with Crippen LogP contribution in [0.2, 0.25) is 0 Å². The molecular weight excluding hydrogens is 231 g/mol. The fourth-order valence-corrected chi connectivity index (χ4v) is 2.64. The van der Waals surface area contributed by atoms with Crippen LogP contribution in [0, 0.1) is 0 Å². The molecule has 0 aliphatic carbocycles. The second kappa shape index (κ2) is 7.62. The van der Waals surface area contributed by atoms with E-state index in [-0.39, 0.29) is 29.6 Å². The van der Waals surface area contributed by atoms with Crippen molar-refractivity contribution in [2.75, 3.05) is 0 Å². The van der Waals surface area contributed by atoms with Crippen LogP contribution in [0.1, 0.15) is 37.5 Å². The molecule has 1 rings (SSSR count). The third-order valence-corrected chi connectivity index (χ3v) is 3.52. The van der Waals surface area contributed by atoms with Crippen molar-refractivity contribution in [1.82, 2.24) is 0 Å². The van der Waals surface area contributed by atoms with Crippen molar-refractivity contribution < 1.29 is 8.76 Å². The van der Waals surface area contributed by atoms with Crippen molar-refractivity contribution >= 4 is 40.6 Å². The SMILES string of the molecule is CCc1cc(CC)c(S(=O)O)c(CC)c1.[Na]. The molecule has 0 spiro atoms. The van der Waals surface area contributed by atoms with Gasteiger partial charge in [0.1, 0.15) is 0 Å². The molecule has 2 nitrogen and oxygen atoms in total. The minimum Gasteiger partial charge on any atom is -0.302 e. The number of hydrogen-bond acceptors (Lipinski definition) is 1. The van der Waals surface area contributed by atoms with Crippen LogP contribution in [0.4, 0.5) is 0 Å². The van der Waals surface area contributed by atoms with Crippen LogP contribution >= 0.6 is 0 Å². The van der Waals surface area contributed by atoms with Gasteiger partial charge < -0.3 is 4.55 Å². The fraction of sp³-hybridized carbons (Fsp3) is 0.500. The van der Waals surface area contributed by atoms with Gasteiger partial charge >= 0.3 is 0 Å². The zero-order chi connectivity index (χ0) is 11.4. The summed E-state index contributed by atoms with van der Waals surface area (Å²) in [4.78, 5) is 0.622.